The molecule has 0 saturated carbocycles. The van der Waals surface area contributed by atoms with E-state index < -0.39 is 11.6 Å². The summed E-state index contributed by atoms with van der Waals surface area (Å²) in [6.07, 6.45) is 1.33. The Labute approximate surface area is 79.3 Å². The van der Waals surface area contributed by atoms with Gasteiger partial charge in [-0.2, -0.15) is 0 Å². The zero-order valence-electron chi connectivity index (χ0n) is 7.42. The molecule has 1 unspecified atom stereocenters. The van der Waals surface area contributed by atoms with Crippen molar-refractivity contribution in [1.29, 1.82) is 0 Å². The summed E-state index contributed by atoms with van der Waals surface area (Å²) in [5, 5.41) is 0. The quantitative estimate of drug-likeness (QED) is 0.625. The number of carbonyl (C=O) groups is 1. The van der Waals surface area contributed by atoms with E-state index in [9.17, 15) is 13.6 Å². The van der Waals surface area contributed by atoms with Crippen LogP contribution in [0.15, 0.2) is 17.1 Å². The van der Waals surface area contributed by atoms with E-state index in [1.165, 1.54) is 12.3 Å². The Kier molecular flexibility index (Phi) is 1.91. The van der Waals surface area contributed by atoms with Crippen molar-refractivity contribution in [3.8, 4) is 0 Å². The second-order valence-electron chi connectivity index (χ2n) is 3.19. The van der Waals surface area contributed by atoms with Gasteiger partial charge in [0.1, 0.15) is 5.69 Å². The Morgan fingerprint density at radius 3 is 2.79 bits per heavy atom. The molecule has 1 aliphatic heterocycles. The molecular weight excluding hydrogens is 188 g/mol. The van der Waals surface area contributed by atoms with E-state index in [2.05, 4.69) is 4.99 Å². The molecule has 2 nitrogen and oxygen atoms in total. The molecule has 1 atom stereocenters. The number of nitrogens with zero attached hydrogens (tertiary/aromatic N) is 1. The molecule has 72 valence electrons. The number of ketones is 1. The van der Waals surface area contributed by atoms with Crippen molar-refractivity contribution < 1.29 is 13.6 Å². The van der Waals surface area contributed by atoms with E-state index in [1.807, 2.05) is 0 Å². The van der Waals surface area contributed by atoms with E-state index >= 15 is 0 Å². The number of aliphatic imine (C=N–C) groups is 1. The number of halogens is 2. The number of hydrogen-bond donors (Lipinski definition) is 0. The van der Waals surface area contributed by atoms with Gasteiger partial charge in [0.15, 0.2) is 17.4 Å². The van der Waals surface area contributed by atoms with E-state index in [0.29, 0.717) is 0 Å². The summed E-state index contributed by atoms with van der Waals surface area (Å²) < 4.78 is 25.9. The van der Waals surface area contributed by atoms with Crippen molar-refractivity contribution in [3.05, 3.63) is 29.3 Å². The standard InChI is InChI=1S/C10H7F2NO/c1-5-4-13-9-6(10(5)14)2-3-7(11)8(9)12/h2-5H,1H3. The van der Waals surface area contributed by atoms with Crippen molar-refractivity contribution in [3.63, 3.8) is 0 Å². The number of rotatable bonds is 0. The zero-order chi connectivity index (χ0) is 10.3. The summed E-state index contributed by atoms with van der Waals surface area (Å²) in [6.45, 7) is 1.66. The SMILES string of the molecule is CC1C=Nc2c(ccc(F)c2F)C1=O. The normalized spacial score (nSPS) is 19.6. The summed E-state index contributed by atoms with van der Waals surface area (Å²) in [5.74, 6) is -2.64. The van der Waals surface area contributed by atoms with E-state index in [-0.39, 0.29) is 23.0 Å². The monoisotopic (exact) mass is 195 g/mol. The minimum atomic E-state index is -1.06. The van der Waals surface area contributed by atoms with Crippen LogP contribution in [0.2, 0.25) is 0 Å². The molecule has 1 aromatic carbocycles. The Bertz CT molecular complexity index is 440. The number of carbonyl (C=O) groups excluding carboxylic acids is 1. The number of fused-ring (bicyclic) bond motifs is 1. The topological polar surface area (TPSA) is 29.4 Å². The Morgan fingerprint density at radius 2 is 2.07 bits per heavy atom. The maximum absolute atomic E-state index is 13.1. The summed E-state index contributed by atoms with van der Waals surface area (Å²) >= 11 is 0. The molecule has 0 radical (unpaired) electrons. The van der Waals surface area contributed by atoms with Crippen LogP contribution in [0.1, 0.15) is 17.3 Å². The minimum Gasteiger partial charge on any atom is -0.293 e. The van der Waals surface area contributed by atoms with Crippen LogP contribution in [0, 0.1) is 17.6 Å². The molecular formula is C10H7F2NO. The molecule has 4 heteroatoms. The van der Waals surface area contributed by atoms with E-state index in [0.717, 1.165) is 6.07 Å². The summed E-state index contributed by atoms with van der Waals surface area (Å²) in [6, 6.07) is 2.21. The van der Waals surface area contributed by atoms with Crippen LogP contribution in [0.5, 0.6) is 0 Å². The van der Waals surface area contributed by atoms with Crippen LogP contribution >= 0.6 is 0 Å². The highest BCUT2D eigenvalue weighted by Gasteiger charge is 2.24. The largest absolute Gasteiger partial charge is 0.293 e. The second kappa shape index (κ2) is 2.97. The average molecular weight is 195 g/mol. The van der Waals surface area contributed by atoms with E-state index in [1.54, 1.807) is 6.92 Å². The molecule has 0 amide bonds. The van der Waals surface area contributed by atoms with Crippen LogP contribution in [0.4, 0.5) is 14.5 Å². The van der Waals surface area contributed by atoms with Crippen LogP contribution in [0.25, 0.3) is 0 Å². The maximum Gasteiger partial charge on any atom is 0.185 e. The molecule has 0 aromatic heterocycles. The Hall–Kier alpha value is -1.58. The highest BCUT2D eigenvalue weighted by molar-refractivity contribution is 6.11. The lowest BCUT2D eigenvalue weighted by atomic mass is 9.96. The van der Waals surface area contributed by atoms with Gasteiger partial charge in [-0.25, -0.2) is 8.78 Å². The summed E-state index contributed by atoms with van der Waals surface area (Å²) in [7, 11) is 0. The van der Waals surface area contributed by atoms with Crippen molar-refractivity contribution in [2.24, 2.45) is 10.9 Å². The lowest BCUT2D eigenvalue weighted by Gasteiger charge is -2.13. The summed E-state index contributed by atoms with van der Waals surface area (Å²) in [4.78, 5) is 15.2. The maximum atomic E-state index is 13.1. The van der Waals surface area contributed by atoms with Gasteiger partial charge in [0.05, 0.1) is 5.92 Å². The first kappa shape index (κ1) is 8.99. The van der Waals surface area contributed by atoms with Gasteiger partial charge in [-0.3, -0.25) is 9.79 Å². The zero-order valence-corrected chi connectivity index (χ0v) is 7.42. The molecule has 1 aliphatic rings. The fourth-order valence-electron chi connectivity index (χ4n) is 1.36. The van der Waals surface area contributed by atoms with Crippen molar-refractivity contribution in [2.45, 2.75) is 6.92 Å². The molecule has 0 saturated heterocycles. The highest BCUT2D eigenvalue weighted by Crippen LogP contribution is 2.30. The van der Waals surface area contributed by atoms with Crippen molar-refractivity contribution >= 4 is 17.7 Å². The third-order valence-electron chi connectivity index (χ3n) is 2.18. The lowest BCUT2D eigenvalue weighted by Crippen LogP contribution is -2.17. The summed E-state index contributed by atoms with van der Waals surface area (Å²) in [5.41, 5.74) is -0.0352. The Morgan fingerprint density at radius 1 is 1.36 bits per heavy atom. The smallest absolute Gasteiger partial charge is 0.185 e. The molecule has 0 spiro atoms. The predicted octanol–water partition coefficient (Wildman–Crippen LogP) is 2.50. The third-order valence-corrected chi connectivity index (χ3v) is 2.18. The lowest BCUT2D eigenvalue weighted by molar-refractivity contribution is 0.0961. The van der Waals surface area contributed by atoms with E-state index in [4.69, 9.17) is 0 Å². The van der Waals surface area contributed by atoms with Gasteiger partial charge in [0.25, 0.3) is 0 Å². The van der Waals surface area contributed by atoms with Gasteiger partial charge in [-0.1, -0.05) is 6.92 Å². The number of Topliss-reactive ketones (excluding diaryl/α,β-unsaturated/α-hetero) is 1. The second-order valence-corrected chi connectivity index (χ2v) is 3.19. The van der Waals surface area contributed by atoms with Crippen LogP contribution in [-0.4, -0.2) is 12.0 Å². The van der Waals surface area contributed by atoms with Gasteiger partial charge in [-0.05, 0) is 12.1 Å². The minimum absolute atomic E-state index is 0.152. The molecule has 2 rings (SSSR count). The van der Waals surface area contributed by atoms with Crippen LogP contribution < -0.4 is 0 Å². The van der Waals surface area contributed by atoms with Crippen molar-refractivity contribution in [2.75, 3.05) is 0 Å². The van der Waals surface area contributed by atoms with Crippen molar-refractivity contribution in [1.82, 2.24) is 0 Å². The molecule has 0 fully saturated rings. The van der Waals surface area contributed by atoms with Gasteiger partial charge >= 0.3 is 0 Å². The predicted molar refractivity (Wildman–Crippen MR) is 48.0 cm³/mol. The first-order chi connectivity index (χ1) is 6.61. The molecule has 0 aliphatic carbocycles. The van der Waals surface area contributed by atoms with Gasteiger partial charge in [0, 0.05) is 11.8 Å². The molecule has 14 heavy (non-hydrogen) atoms. The van der Waals surface area contributed by atoms with Crippen LogP contribution in [-0.2, 0) is 0 Å². The fraction of sp³-hybridized carbons (Fsp3) is 0.200. The van der Waals surface area contributed by atoms with Crippen LogP contribution in [0.3, 0.4) is 0 Å². The molecule has 0 N–H and O–H groups in total. The average Bonchev–Trinajstić information content (AvgIpc) is 2.17. The highest BCUT2D eigenvalue weighted by atomic mass is 19.2. The first-order valence-corrected chi connectivity index (χ1v) is 4.17. The first-order valence-electron chi connectivity index (χ1n) is 4.17. The number of benzene rings is 1. The fourth-order valence-corrected chi connectivity index (χ4v) is 1.36. The molecule has 1 heterocycles. The Balaban J connectivity index is 2.68. The number of hydrogen-bond acceptors (Lipinski definition) is 2. The molecule has 1 aromatic rings. The molecule has 0 bridgehead atoms. The van der Waals surface area contributed by atoms with Gasteiger partial charge < -0.3 is 0 Å². The van der Waals surface area contributed by atoms with Gasteiger partial charge in [-0.15, -0.1) is 0 Å². The van der Waals surface area contributed by atoms with Gasteiger partial charge in [0.2, 0.25) is 0 Å². The third kappa shape index (κ3) is 1.14.